The average molecular weight is 309 g/mol. The maximum absolute atomic E-state index is 5.97. The van der Waals surface area contributed by atoms with E-state index in [1.807, 2.05) is 13.1 Å². The summed E-state index contributed by atoms with van der Waals surface area (Å²) in [6.07, 6.45) is 2.69. The summed E-state index contributed by atoms with van der Waals surface area (Å²) in [5, 5.41) is 0. The monoisotopic (exact) mass is 308 g/mol. The smallest absolute Gasteiger partial charge is 0.160 e. The molecule has 0 aliphatic rings. The highest BCUT2D eigenvalue weighted by molar-refractivity contribution is 6.17. The summed E-state index contributed by atoms with van der Waals surface area (Å²) in [4.78, 5) is 11.6. The molecule has 2 aromatic rings. The fraction of sp³-hybridized carbons (Fsp3) is 0.625. The third-order valence-electron chi connectivity index (χ3n) is 3.71. The number of halogens is 1. The number of imidazole rings is 1. The van der Waals surface area contributed by atoms with Crippen molar-refractivity contribution >= 4 is 22.8 Å². The Morgan fingerprint density at radius 3 is 2.62 bits per heavy atom. The SMILES string of the molecule is Cc1cnc2c(c1)nc(CCCl)n2C(CN(C)C)C(C)C. The number of pyridine rings is 1. The largest absolute Gasteiger partial charge is 0.308 e. The van der Waals surface area contributed by atoms with Crippen molar-refractivity contribution in [2.45, 2.75) is 33.2 Å². The van der Waals surface area contributed by atoms with E-state index in [1.165, 1.54) is 0 Å². The molecular weight excluding hydrogens is 284 g/mol. The molecule has 5 heteroatoms. The van der Waals surface area contributed by atoms with Crippen molar-refractivity contribution in [1.82, 2.24) is 19.4 Å². The van der Waals surface area contributed by atoms with E-state index in [0.717, 1.165) is 35.5 Å². The van der Waals surface area contributed by atoms with Crippen LogP contribution >= 0.6 is 11.6 Å². The van der Waals surface area contributed by atoms with E-state index >= 15 is 0 Å². The molecule has 0 N–H and O–H groups in total. The Labute approximate surface area is 132 Å². The van der Waals surface area contributed by atoms with Crippen LogP contribution in [0.15, 0.2) is 12.3 Å². The molecule has 1 atom stereocenters. The predicted octanol–water partition coefficient (Wildman–Crippen LogP) is 3.28. The summed E-state index contributed by atoms with van der Waals surface area (Å²) < 4.78 is 2.29. The first kappa shape index (κ1) is 16.2. The van der Waals surface area contributed by atoms with Crippen molar-refractivity contribution in [3.63, 3.8) is 0 Å². The van der Waals surface area contributed by atoms with Gasteiger partial charge in [-0.3, -0.25) is 0 Å². The van der Waals surface area contributed by atoms with E-state index in [4.69, 9.17) is 16.6 Å². The minimum absolute atomic E-state index is 0.346. The second kappa shape index (κ2) is 6.75. The highest BCUT2D eigenvalue weighted by Gasteiger charge is 2.23. The molecule has 0 aliphatic heterocycles. The molecule has 0 aromatic carbocycles. The minimum atomic E-state index is 0.346. The van der Waals surface area contributed by atoms with Crippen molar-refractivity contribution in [3.8, 4) is 0 Å². The molecule has 0 radical (unpaired) electrons. The molecule has 2 heterocycles. The summed E-state index contributed by atoms with van der Waals surface area (Å²) in [5.74, 6) is 2.12. The first-order valence-electron chi connectivity index (χ1n) is 7.48. The summed E-state index contributed by atoms with van der Waals surface area (Å²) >= 11 is 5.97. The summed E-state index contributed by atoms with van der Waals surface area (Å²) in [6, 6.07) is 2.45. The summed E-state index contributed by atoms with van der Waals surface area (Å²) in [6.45, 7) is 7.51. The van der Waals surface area contributed by atoms with Crippen LogP contribution in [-0.2, 0) is 6.42 Å². The number of fused-ring (bicyclic) bond motifs is 1. The van der Waals surface area contributed by atoms with Crippen LogP contribution in [0.3, 0.4) is 0 Å². The van der Waals surface area contributed by atoms with E-state index in [-0.39, 0.29) is 0 Å². The van der Waals surface area contributed by atoms with Gasteiger partial charge < -0.3 is 9.47 Å². The number of hydrogen-bond donors (Lipinski definition) is 0. The molecule has 1 unspecified atom stereocenters. The maximum Gasteiger partial charge on any atom is 0.160 e. The van der Waals surface area contributed by atoms with Gasteiger partial charge in [0.25, 0.3) is 0 Å². The lowest BCUT2D eigenvalue weighted by molar-refractivity contribution is 0.269. The topological polar surface area (TPSA) is 34.0 Å². The Morgan fingerprint density at radius 1 is 1.33 bits per heavy atom. The van der Waals surface area contributed by atoms with Crippen LogP contribution in [-0.4, -0.2) is 46.0 Å². The molecular formula is C16H25ClN4. The van der Waals surface area contributed by atoms with E-state index in [2.05, 4.69) is 48.5 Å². The molecule has 0 saturated carbocycles. The zero-order chi connectivity index (χ0) is 15.6. The van der Waals surface area contributed by atoms with E-state index in [9.17, 15) is 0 Å². The summed E-state index contributed by atoms with van der Waals surface area (Å²) in [5.41, 5.74) is 3.08. The molecule has 0 saturated heterocycles. The number of aryl methyl sites for hydroxylation is 2. The Hall–Kier alpha value is -1.13. The van der Waals surface area contributed by atoms with Gasteiger partial charge in [-0.05, 0) is 38.6 Å². The standard InChI is InChI=1S/C16H25ClN4/c1-11(2)14(10-20(4)5)21-15(6-7-17)19-13-8-12(3)9-18-16(13)21/h8-9,11,14H,6-7,10H2,1-5H3. The number of rotatable bonds is 6. The fourth-order valence-electron chi connectivity index (χ4n) is 2.70. The van der Waals surface area contributed by atoms with Gasteiger partial charge in [-0.1, -0.05) is 13.8 Å². The number of likely N-dealkylation sites (N-methyl/N-ethyl adjacent to an activating group) is 1. The second-order valence-electron chi connectivity index (χ2n) is 6.27. The molecule has 2 aromatic heterocycles. The van der Waals surface area contributed by atoms with Crippen LogP contribution in [0.2, 0.25) is 0 Å². The summed E-state index contributed by atoms with van der Waals surface area (Å²) in [7, 11) is 4.21. The van der Waals surface area contributed by atoms with Gasteiger partial charge in [-0.25, -0.2) is 9.97 Å². The number of alkyl halides is 1. The van der Waals surface area contributed by atoms with Gasteiger partial charge in [-0.2, -0.15) is 0 Å². The highest BCUT2D eigenvalue weighted by atomic mass is 35.5. The first-order chi connectivity index (χ1) is 9.93. The van der Waals surface area contributed by atoms with Gasteiger partial charge in [0, 0.05) is 25.0 Å². The zero-order valence-electron chi connectivity index (χ0n) is 13.6. The van der Waals surface area contributed by atoms with Gasteiger partial charge in [0.05, 0.1) is 6.04 Å². The van der Waals surface area contributed by atoms with E-state index < -0.39 is 0 Å². The van der Waals surface area contributed by atoms with Crippen LogP contribution in [0.5, 0.6) is 0 Å². The van der Waals surface area contributed by atoms with Gasteiger partial charge >= 0.3 is 0 Å². The van der Waals surface area contributed by atoms with E-state index in [0.29, 0.717) is 17.8 Å². The lowest BCUT2D eigenvalue weighted by Gasteiger charge is -2.27. The third-order valence-corrected chi connectivity index (χ3v) is 3.90. The van der Waals surface area contributed by atoms with Crippen LogP contribution in [0.4, 0.5) is 0 Å². The van der Waals surface area contributed by atoms with Crippen molar-refractivity contribution in [3.05, 3.63) is 23.7 Å². The van der Waals surface area contributed by atoms with Crippen LogP contribution in [0.1, 0.15) is 31.3 Å². The van der Waals surface area contributed by atoms with Crippen molar-refractivity contribution < 1.29 is 0 Å². The maximum atomic E-state index is 5.97. The zero-order valence-corrected chi connectivity index (χ0v) is 14.4. The number of aromatic nitrogens is 3. The Kier molecular flexibility index (Phi) is 5.22. The normalized spacial score (nSPS) is 13.5. The third kappa shape index (κ3) is 3.55. The average Bonchev–Trinajstić information content (AvgIpc) is 2.73. The molecule has 0 fully saturated rings. The minimum Gasteiger partial charge on any atom is -0.308 e. The van der Waals surface area contributed by atoms with Crippen LogP contribution in [0.25, 0.3) is 11.2 Å². The van der Waals surface area contributed by atoms with Crippen LogP contribution in [0, 0.1) is 12.8 Å². The lowest BCUT2D eigenvalue weighted by atomic mass is 10.0. The van der Waals surface area contributed by atoms with Crippen molar-refractivity contribution in [2.24, 2.45) is 5.92 Å². The molecule has 0 aliphatic carbocycles. The fourth-order valence-corrected chi connectivity index (χ4v) is 2.87. The molecule has 0 amide bonds. The Balaban J connectivity index is 2.59. The first-order valence-corrected chi connectivity index (χ1v) is 8.01. The van der Waals surface area contributed by atoms with Gasteiger partial charge in [0.2, 0.25) is 0 Å². The molecule has 21 heavy (non-hydrogen) atoms. The molecule has 0 spiro atoms. The quantitative estimate of drug-likeness (QED) is 0.768. The predicted molar refractivity (Wildman–Crippen MR) is 89.1 cm³/mol. The molecule has 116 valence electrons. The Morgan fingerprint density at radius 2 is 2.05 bits per heavy atom. The van der Waals surface area contributed by atoms with Gasteiger partial charge in [-0.15, -0.1) is 11.6 Å². The van der Waals surface area contributed by atoms with Gasteiger partial charge in [0.1, 0.15) is 11.3 Å². The lowest BCUT2D eigenvalue weighted by Crippen LogP contribution is -2.29. The molecule has 2 rings (SSSR count). The number of nitrogens with zero attached hydrogens (tertiary/aromatic N) is 4. The molecule has 0 bridgehead atoms. The Bertz CT molecular complexity index is 604. The van der Waals surface area contributed by atoms with Crippen molar-refractivity contribution in [1.29, 1.82) is 0 Å². The number of hydrogen-bond acceptors (Lipinski definition) is 3. The van der Waals surface area contributed by atoms with Crippen molar-refractivity contribution in [2.75, 3.05) is 26.5 Å². The second-order valence-corrected chi connectivity index (χ2v) is 6.64. The van der Waals surface area contributed by atoms with Gasteiger partial charge in [0.15, 0.2) is 5.65 Å². The van der Waals surface area contributed by atoms with E-state index in [1.54, 1.807) is 0 Å². The highest BCUT2D eigenvalue weighted by Crippen LogP contribution is 2.26. The molecule has 4 nitrogen and oxygen atoms in total. The van der Waals surface area contributed by atoms with Crippen LogP contribution < -0.4 is 0 Å².